The lowest BCUT2D eigenvalue weighted by atomic mass is 9.96. The Morgan fingerprint density at radius 3 is 2.79 bits per heavy atom. The molecule has 2 aromatic heterocycles. The number of rotatable bonds is 6. The van der Waals surface area contributed by atoms with Gasteiger partial charge in [0.25, 0.3) is 0 Å². The van der Waals surface area contributed by atoms with Crippen LogP contribution in [-0.4, -0.2) is 45.5 Å². The topological polar surface area (TPSA) is 110 Å². The molecule has 34 heavy (non-hydrogen) atoms. The quantitative estimate of drug-likeness (QED) is 0.570. The second-order valence-electron chi connectivity index (χ2n) is 8.29. The molecule has 2 fully saturated rings. The average molecular weight is 463 g/mol. The van der Waals surface area contributed by atoms with Crippen LogP contribution in [-0.2, 0) is 11.3 Å². The van der Waals surface area contributed by atoms with E-state index in [0.29, 0.717) is 42.2 Å². The highest BCUT2D eigenvalue weighted by Crippen LogP contribution is 2.36. The number of nitrogens with zero attached hydrogens (tertiary/aromatic N) is 5. The second-order valence-corrected chi connectivity index (χ2v) is 8.29. The monoisotopic (exact) mass is 463 g/mol. The number of halogens is 1. The lowest BCUT2D eigenvalue weighted by Gasteiger charge is -2.40. The summed E-state index contributed by atoms with van der Waals surface area (Å²) in [4.78, 5) is 15.6. The molecule has 0 spiro atoms. The van der Waals surface area contributed by atoms with Crippen molar-refractivity contribution in [1.29, 1.82) is 0 Å². The molecule has 0 radical (unpaired) electrons. The SMILES string of the molecule is Cc1onc(-c2ccc(F)cc2)c1COc1nccnc1C1NNC2=CN=CC(C3COC3)N21. The maximum atomic E-state index is 13.4. The highest BCUT2D eigenvalue weighted by Gasteiger charge is 2.43. The van der Waals surface area contributed by atoms with Crippen LogP contribution in [0.15, 0.2) is 58.2 Å². The molecule has 11 heteroatoms. The van der Waals surface area contributed by atoms with Crippen molar-refractivity contribution in [3.63, 3.8) is 0 Å². The van der Waals surface area contributed by atoms with Crippen molar-refractivity contribution >= 4 is 6.21 Å². The van der Waals surface area contributed by atoms with Crippen molar-refractivity contribution in [3.05, 3.63) is 71.5 Å². The first-order valence-corrected chi connectivity index (χ1v) is 10.9. The number of aromatic nitrogens is 3. The summed E-state index contributed by atoms with van der Waals surface area (Å²) in [6.45, 7) is 3.36. The Hall–Kier alpha value is -3.83. The van der Waals surface area contributed by atoms with Crippen LogP contribution in [0.1, 0.15) is 23.2 Å². The van der Waals surface area contributed by atoms with E-state index in [0.717, 1.165) is 16.9 Å². The summed E-state index contributed by atoms with van der Waals surface area (Å²) in [5, 5.41) is 4.15. The van der Waals surface area contributed by atoms with Crippen molar-refractivity contribution in [2.45, 2.75) is 25.7 Å². The van der Waals surface area contributed by atoms with E-state index in [2.05, 4.69) is 35.9 Å². The average Bonchev–Trinajstić information content (AvgIpc) is 3.41. The summed E-state index contributed by atoms with van der Waals surface area (Å²) >= 11 is 0. The van der Waals surface area contributed by atoms with Gasteiger partial charge < -0.3 is 24.3 Å². The number of hydrazine groups is 1. The first kappa shape index (κ1) is 20.8. The van der Waals surface area contributed by atoms with Gasteiger partial charge in [0.1, 0.15) is 41.6 Å². The number of nitrogens with one attached hydrogen (secondary N) is 2. The molecule has 0 bridgehead atoms. The second kappa shape index (κ2) is 8.50. The molecule has 1 aromatic carbocycles. The van der Waals surface area contributed by atoms with Crippen molar-refractivity contribution < 1.29 is 18.4 Å². The largest absolute Gasteiger partial charge is 0.471 e. The smallest absolute Gasteiger partial charge is 0.239 e. The molecular weight excluding hydrogens is 441 g/mol. The lowest BCUT2D eigenvalue weighted by molar-refractivity contribution is -0.0579. The van der Waals surface area contributed by atoms with E-state index in [-0.39, 0.29) is 24.6 Å². The van der Waals surface area contributed by atoms with E-state index in [1.165, 1.54) is 12.1 Å². The van der Waals surface area contributed by atoms with E-state index < -0.39 is 0 Å². The van der Waals surface area contributed by atoms with Crippen LogP contribution < -0.4 is 15.6 Å². The molecule has 0 saturated carbocycles. The molecule has 6 rings (SSSR count). The Labute approximate surface area is 194 Å². The molecule has 2 unspecified atom stereocenters. The van der Waals surface area contributed by atoms with E-state index in [9.17, 15) is 4.39 Å². The summed E-state index contributed by atoms with van der Waals surface area (Å²) in [5.74, 6) is 1.89. The highest BCUT2D eigenvalue weighted by molar-refractivity contribution is 5.68. The molecule has 0 aliphatic carbocycles. The summed E-state index contributed by atoms with van der Waals surface area (Å²) in [5.41, 5.74) is 9.20. The van der Waals surface area contributed by atoms with Crippen LogP contribution >= 0.6 is 0 Å². The number of benzene rings is 1. The van der Waals surface area contributed by atoms with E-state index in [1.54, 1.807) is 30.7 Å². The maximum Gasteiger partial charge on any atom is 0.239 e. The Kier molecular flexibility index (Phi) is 5.19. The van der Waals surface area contributed by atoms with Gasteiger partial charge in [-0.2, -0.15) is 0 Å². The molecule has 2 saturated heterocycles. The van der Waals surface area contributed by atoms with Gasteiger partial charge in [0.05, 0.1) is 31.0 Å². The maximum absolute atomic E-state index is 13.4. The summed E-state index contributed by atoms with van der Waals surface area (Å²) in [6.07, 6.45) is 6.63. The highest BCUT2D eigenvalue weighted by atomic mass is 19.1. The Bertz CT molecular complexity index is 1260. The van der Waals surface area contributed by atoms with E-state index in [4.69, 9.17) is 14.0 Å². The van der Waals surface area contributed by atoms with Gasteiger partial charge in [0.2, 0.25) is 5.88 Å². The van der Waals surface area contributed by atoms with Gasteiger partial charge in [0.15, 0.2) is 0 Å². The number of hydrogen-bond donors (Lipinski definition) is 2. The fourth-order valence-electron chi connectivity index (χ4n) is 4.29. The summed E-state index contributed by atoms with van der Waals surface area (Å²) in [7, 11) is 0. The minimum atomic E-state index is -0.313. The summed E-state index contributed by atoms with van der Waals surface area (Å²) in [6, 6.07) is 6.16. The standard InChI is InChI=1S/C23H22FN7O3/c1-13-17(20(30-34-13)14-2-4-16(24)5-3-14)12-33-23-21(26-6-7-27-23)22-29-28-19-9-25-8-18(31(19)22)15-10-32-11-15/h2-9,15,18,22,28-29H,10-12H2,1H3. The van der Waals surface area contributed by atoms with Gasteiger partial charge in [-0.25, -0.2) is 14.8 Å². The van der Waals surface area contributed by atoms with Gasteiger partial charge in [-0.05, 0) is 31.2 Å². The van der Waals surface area contributed by atoms with E-state index in [1.807, 2.05) is 13.1 Å². The third-order valence-corrected chi connectivity index (χ3v) is 6.20. The number of aliphatic imine (C=N–C) groups is 1. The van der Waals surface area contributed by atoms with Crippen LogP contribution in [0.3, 0.4) is 0 Å². The Morgan fingerprint density at radius 1 is 1.18 bits per heavy atom. The van der Waals surface area contributed by atoms with Crippen LogP contribution in [0, 0.1) is 18.7 Å². The first-order valence-electron chi connectivity index (χ1n) is 10.9. The third-order valence-electron chi connectivity index (χ3n) is 6.20. The predicted octanol–water partition coefficient (Wildman–Crippen LogP) is 2.46. The zero-order valence-corrected chi connectivity index (χ0v) is 18.3. The number of hydrogen-bond acceptors (Lipinski definition) is 10. The zero-order chi connectivity index (χ0) is 23.1. The predicted molar refractivity (Wildman–Crippen MR) is 119 cm³/mol. The summed E-state index contributed by atoms with van der Waals surface area (Å²) < 4.78 is 30.3. The van der Waals surface area contributed by atoms with Crippen molar-refractivity contribution in [3.8, 4) is 17.1 Å². The van der Waals surface area contributed by atoms with Gasteiger partial charge >= 0.3 is 0 Å². The van der Waals surface area contributed by atoms with Crippen molar-refractivity contribution in [2.75, 3.05) is 13.2 Å². The first-order chi connectivity index (χ1) is 16.7. The molecule has 2 N–H and O–H groups in total. The van der Waals surface area contributed by atoms with Gasteiger partial charge in [-0.15, -0.1) is 0 Å². The zero-order valence-electron chi connectivity index (χ0n) is 18.3. The van der Waals surface area contributed by atoms with Crippen molar-refractivity contribution in [2.24, 2.45) is 10.9 Å². The fraction of sp³-hybridized carbons (Fsp3) is 0.304. The van der Waals surface area contributed by atoms with Gasteiger partial charge in [-0.3, -0.25) is 9.98 Å². The fourth-order valence-corrected chi connectivity index (χ4v) is 4.29. The third kappa shape index (κ3) is 3.58. The molecular formula is C23H22FN7O3. The molecule has 3 aliphatic rings. The minimum absolute atomic E-state index is 0.0569. The molecule has 3 aliphatic heterocycles. The number of aryl methyl sites for hydroxylation is 1. The molecule has 5 heterocycles. The van der Waals surface area contributed by atoms with Crippen LogP contribution in [0.5, 0.6) is 5.88 Å². The Morgan fingerprint density at radius 2 is 2.00 bits per heavy atom. The van der Waals surface area contributed by atoms with Gasteiger partial charge in [-0.1, -0.05) is 5.16 Å². The van der Waals surface area contributed by atoms with Crippen LogP contribution in [0.25, 0.3) is 11.3 Å². The Balaban J connectivity index is 1.27. The molecule has 2 atom stereocenters. The number of ether oxygens (including phenoxy) is 2. The minimum Gasteiger partial charge on any atom is -0.471 e. The molecule has 0 amide bonds. The van der Waals surface area contributed by atoms with Crippen LogP contribution in [0.2, 0.25) is 0 Å². The van der Waals surface area contributed by atoms with Crippen LogP contribution in [0.4, 0.5) is 4.39 Å². The lowest BCUT2D eigenvalue weighted by Crippen LogP contribution is -2.50. The molecule has 10 nitrogen and oxygen atoms in total. The van der Waals surface area contributed by atoms with Crippen molar-refractivity contribution in [1.82, 2.24) is 30.9 Å². The molecule has 174 valence electrons. The normalized spacial score (nSPS) is 21.6. The van der Waals surface area contributed by atoms with E-state index >= 15 is 0 Å². The number of fused-ring (bicyclic) bond motifs is 1. The van der Waals surface area contributed by atoms with Gasteiger partial charge in [0, 0.05) is 30.1 Å². The molecule has 3 aromatic rings.